The summed E-state index contributed by atoms with van der Waals surface area (Å²) in [4.78, 5) is 28.6. The number of amides is 2. The quantitative estimate of drug-likeness (QED) is 0.850. The van der Waals surface area contributed by atoms with Crippen LogP contribution in [0.3, 0.4) is 0 Å². The first kappa shape index (κ1) is 18.1. The Kier molecular flexibility index (Phi) is 5.35. The second-order valence-corrected chi connectivity index (χ2v) is 6.74. The van der Waals surface area contributed by atoms with Crippen LogP contribution >= 0.6 is 0 Å². The zero-order chi connectivity index (χ0) is 18.7. The summed E-state index contributed by atoms with van der Waals surface area (Å²) < 4.78 is 13.4. The Morgan fingerprint density at radius 3 is 2.23 bits per heavy atom. The molecule has 1 saturated heterocycles. The maximum absolute atomic E-state index is 13.4. The number of halogens is 1. The minimum absolute atomic E-state index is 0.0871. The van der Waals surface area contributed by atoms with Crippen molar-refractivity contribution in [2.24, 2.45) is 0 Å². The average molecular weight is 354 g/mol. The van der Waals surface area contributed by atoms with E-state index in [-0.39, 0.29) is 17.6 Å². The number of benzene rings is 2. The summed E-state index contributed by atoms with van der Waals surface area (Å²) in [5.41, 5.74) is 3.10. The van der Waals surface area contributed by atoms with E-state index < -0.39 is 0 Å². The molecule has 0 atom stereocenters. The van der Waals surface area contributed by atoms with Crippen LogP contribution in [0.1, 0.15) is 27.0 Å². The third-order valence-electron chi connectivity index (χ3n) is 4.93. The zero-order valence-electron chi connectivity index (χ0n) is 15.2. The van der Waals surface area contributed by atoms with E-state index >= 15 is 0 Å². The highest BCUT2D eigenvalue weighted by Gasteiger charge is 2.25. The summed E-state index contributed by atoms with van der Waals surface area (Å²) in [7, 11) is 0. The van der Waals surface area contributed by atoms with Crippen molar-refractivity contribution >= 4 is 11.8 Å². The van der Waals surface area contributed by atoms with Crippen molar-refractivity contribution in [1.82, 2.24) is 9.80 Å². The van der Waals surface area contributed by atoms with Crippen LogP contribution in [0.4, 0.5) is 4.39 Å². The predicted molar refractivity (Wildman–Crippen MR) is 98.5 cm³/mol. The molecule has 2 amide bonds. The number of rotatable bonds is 3. The Balaban J connectivity index is 1.58. The van der Waals surface area contributed by atoms with Crippen LogP contribution in [0.5, 0.6) is 0 Å². The third-order valence-corrected chi connectivity index (χ3v) is 4.93. The third kappa shape index (κ3) is 3.93. The highest BCUT2D eigenvalue weighted by Crippen LogP contribution is 2.15. The molecule has 3 rings (SSSR count). The lowest BCUT2D eigenvalue weighted by atomic mass is 10.0. The van der Waals surface area contributed by atoms with Gasteiger partial charge < -0.3 is 9.80 Å². The van der Waals surface area contributed by atoms with Crippen molar-refractivity contribution in [1.29, 1.82) is 0 Å². The highest BCUT2D eigenvalue weighted by molar-refractivity contribution is 5.94. The highest BCUT2D eigenvalue weighted by atomic mass is 19.1. The summed E-state index contributed by atoms with van der Waals surface area (Å²) in [5, 5.41) is 0. The molecule has 4 nitrogen and oxygen atoms in total. The van der Waals surface area contributed by atoms with Gasteiger partial charge in [-0.3, -0.25) is 9.59 Å². The number of carbonyl (C=O) groups excluding carboxylic acids is 2. The van der Waals surface area contributed by atoms with Gasteiger partial charge in [-0.05, 0) is 48.7 Å². The van der Waals surface area contributed by atoms with E-state index in [0.29, 0.717) is 43.7 Å². The molecule has 2 aromatic carbocycles. The summed E-state index contributed by atoms with van der Waals surface area (Å²) in [6.45, 7) is 5.69. The van der Waals surface area contributed by atoms with E-state index in [9.17, 15) is 14.0 Å². The molecule has 0 saturated carbocycles. The lowest BCUT2D eigenvalue weighted by Gasteiger charge is -2.35. The van der Waals surface area contributed by atoms with Crippen LogP contribution in [0.2, 0.25) is 0 Å². The molecular formula is C21H23FN2O2. The molecule has 0 N–H and O–H groups in total. The average Bonchev–Trinajstić information content (AvgIpc) is 2.65. The summed E-state index contributed by atoms with van der Waals surface area (Å²) in [6.07, 6.45) is 0.387. The van der Waals surface area contributed by atoms with E-state index in [1.54, 1.807) is 17.9 Å². The van der Waals surface area contributed by atoms with E-state index in [1.165, 1.54) is 12.1 Å². The minimum Gasteiger partial charge on any atom is -0.339 e. The van der Waals surface area contributed by atoms with E-state index in [1.807, 2.05) is 36.1 Å². The molecular weight excluding hydrogens is 331 g/mol. The predicted octanol–water partition coefficient (Wildman–Crippen LogP) is 2.97. The van der Waals surface area contributed by atoms with Gasteiger partial charge in [0.1, 0.15) is 5.82 Å². The van der Waals surface area contributed by atoms with Crippen LogP contribution in [0, 0.1) is 19.7 Å². The van der Waals surface area contributed by atoms with Gasteiger partial charge in [-0.15, -0.1) is 0 Å². The number of aryl methyl sites for hydroxylation is 2. The number of hydrogen-bond acceptors (Lipinski definition) is 2. The van der Waals surface area contributed by atoms with Crippen LogP contribution < -0.4 is 0 Å². The summed E-state index contributed by atoms with van der Waals surface area (Å²) in [5.74, 6) is -0.337. The molecule has 0 spiro atoms. The number of hydrogen-bond donors (Lipinski definition) is 0. The van der Waals surface area contributed by atoms with Gasteiger partial charge in [-0.25, -0.2) is 4.39 Å². The first-order valence-corrected chi connectivity index (χ1v) is 8.83. The second kappa shape index (κ2) is 7.68. The van der Waals surface area contributed by atoms with Crippen molar-refractivity contribution in [3.05, 3.63) is 70.5 Å². The molecule has 0 bridgehead atoms. The molecule has 1 fully saturated rings. The van der Waals surface area contributed by atoms with E-state index in [2.05, 4.69) is 0 Å². The van der Waals surface area contributed by atoms with Gasteiger partial charge in [-0.2, -0.15) is 0 Å². The van der Waals surface area contributed by atoms with Crippen LogP contribution in [0.15, 0.2) is 42.5 Å². The fourth-order valence-corrected chi connectivity index (χ4v) is 3.20. The molecule has 0 aliphatic carbocycles. The van der Waals surface area contributed by atoms with Gasteiger partial charge in [0.15, 0.2) is 0 Å². The number of nitrogens with zero attached hydrogens (tertiary/aromatic N) is 2. The molecule has 2 aromatic rings. The van der Waals surface area contributed by atoms with Gasteiger partial charge in [0.2, 0.25) is 5.91 Å². The molecule has 5 heteroatoms. The fourth-order valence-electron chi connectivity index (χ4n) is 3.20. The monoisotopic (exact) mass is 354 g/mol. The lowest BCUT2D eigenvalue weighted by molar-refractivity contribution is -0.131. The maximum Gasteiger partial charge on any atom is 0.253 e. The molecule has 1 aliphatic rings. The Labute approximate surface area is 153 Å². The van der Waals surface area contributed by atoms with Crippen molar-refractivity contribution in [2.45, 2.75) is 20.3 Å². The zero-order valence-corrected chi connectivity index (χ0v) is 15.2. The lowest BCUT2D eigenvalue weighted by Crippen LogP contribution is -2.51. The smallest absolute Gasteiger partial charge is 0.253 e. The summed E-state index contributed by atoms with van der Waals surface area (Å²) in [6, 6.07) is 12.3. The van der Waals surface area contributed by atoms with Crippen molar-refractivity contribution in [2.75, 3.05) is 26.2 Å². The molecule has 1 aliphatic heterocycles. The SMILES string of the molecule is Cc1cc(C(=O)N2CCN(C(=O)Cc3ccccc3C)CC2)ccc1F. The fraction of sp³-hybridized carbons (Fsp3) is 0.333. The minimum atomic E-state index is -0.312. The van der Waals surface area contributed by atoms with Crippen molar-refractivity contribution < 1.29 is 14.0 Å². The van der Waals surface area contributed by atoms with E-state index in [0.717, 1.165) is 11.1 Å². The van der Waals surface area contributed by atoms with Gasteiger partial charge >= 0.3 is 0 Å². The topological polar surface area (TPSA) is 40.6 Å². The standard InChI is InChI=1S/C21H23FN2O2/c1-15-5-3-4-6-17(15)14-20(25)23-9-11-24(12-10-23)21(26)18-7-8-19(22)16(2)13-18/h3-8,13H,9-12,14H2,1-2H3. The summed E-state index contributed by atoms with van der Waals surface area (Å²) >= 11 is 0. The molecule has 0 aromatic heterocycles. The van der Waals surface area contributed by atoms with Gasteiger partial charge in [0, 0.05) is 31.7 Å². The number of carbonyl (C=O) groups is 2. The first-order valence-electron chi connectivity index (χ1n) is 8.83. The molecule has 136 valence electrons. The number of piperazine rings is 1. The van der Waals surface area contributed by atoms with Crippen molar-refractivity contribution in [3.63, 3.8) is 0 Å². The molecule has 0 unspecified atom stereocenters. The largest absolute Gasteiger partial charge is 0.339 e. The first-order chi connectivity index (χ1) is 12.5. The second-order valence-electron chi connectivity index (χ2n) is 6.74. The molecule has 0 radical (unpaired) electrons. The maximum atomic E-state index is 13.4. The van der Waals surface area contributed by atoms with Crippen LogP contribution in [-0.4, -0.2) is 47.8 Å². The van der Waals surface area contributed by atoms with Gasteiger partial charge in [0.05, 0.1) is 6.42 Å². The van der Waals surface area contributed by atoms with Gasteiger partial charge in [-0.1, -0.05) is 24.3 Å². The normalized spacial score (nSPS) is 14.4. The van der Waals surface area contributed by atoms with Crippen molar-refractivity contribution in [3.8, 4) is 0 Å². The Morgan fingerprint density at radius 2 is 1.58 bits per heavy atom. The van der Waals surface area contributed by atoms with Crippen LogP contribution in [0.25, 0.3) is 0 Å². The Bertz CT molecular complexity index is 827. The molecule has 26 heavy (non-hydrogen) atoms. The van der Waals surface area contributed by atoms with Crippen LogP contribution in [-0.2, 0) is 11.2 Å². The Morgan fingerprint density at radius 1 is 0.923 bits per heavy atom. The van der Waals surface area contributed by atoms with E-state index in [4.69, 9.17) is 0 Å². The molecule has 1 heterocycles. The Hall–Kier alpha value is -2.69. The van der Waals surface area contributed by atoms with Gasteiger partial charge in [0.25, 0.3) is 5.91 Å².